The summed E-state index contributed by atoms with van der Waals surface area (Å²) in [6.07, 6.45) is 2.38. The van der Waals surface area contributed by atoms with E-state index in [1.54, 1.807) is 13.8 Å². The summed E-state index contributed by atoms with van der Waals surface area (Å²) in [5.41, 5.74) is -3.80. The van der Waals surface area contributed by atoms with Crippen LogP contribution in [0.5, 0.6) is 0 Å². The van der Waals surface area contributed by atoms with E-state index >= 15 is 0 Å². The number of carboxylic acids is 1. The molecular formula is C13H19O6S2-. The average molecular weight is 335 g/mol. The lowest BCUT2D eigenvalue weighted by Crippen LogP contribution is -2.35. The summed E-state index contributed by atoms with van der Waals surface area (Å²) in [7, 11) is 0. The minimum Gasteiger partial charge on any atom is -0.544 e. The number of carbonyl (C=O) groups is 2. The Kier molecular flexibility index (Phi) is 6.58. The Morgan fingerprint density at radius 1 is 1.29 bits per heavy atom. The van der Waals surface area contributed by atoms with Gasteiger partial charge in [-0.2, -0.15) is 0 Å². The lowest BCUT2D eigenvalue weighted by molar-refractivity contribution is -0.299. The van der Waals surface area contributed by atoms with Crippen LogP contribution in [0.4, 0.5) is 0 Å². The minimum atomic E-state index is -1.68. The van der Waals surface area contributed by atoms with Gasteiger partial charge in [0.2, 0.25) is 0 Å². The first-order valence-corrected chi connectivity index (χ1v) is 8.32. The number of hydrogen-bond acceptors (Lipinski definition) is 8. The van der Waals surface area contributed by atoms with Crippen molar-refractivity contribution in [1.29, 1.82) is 0 Å². The van der Waals surface area contributed by atoms with E-state index in [1.165, 1.54) is 0 Å². The first-order valence-electron chi connectivity index (χ1n) is 6.56. The lowest BCUT2D eigenvalue weighted by Gasteiger charge is -2.26. The Balaban J connectivity index is 2.90. The van der Waals surface area contributed by atoms with Gasteiger partial charge in [0.15, 0.2) is 0 Å². The van der Waals surface area contributed by atoms with Crippen LogP contribution in [0.15, 0.2) is 9.81 Å². The molecule has 0 aromatic rings. The smallest absolute Gasteiger partial charge is 0.342 e. The Labute approximate surface area is 131 Å². The van der Waals surface area contributed by atoms with Crippen LogP contribution in [0.1, 0.15) is 40.0 Å². The Morgan fingerprint density at radius 3 is 2.24 bits per heavy atom. The fourth-order valence-electron chi connectivity index (χ4n) is 1.69. The molecule has 1 rings (SSSR count). The normalized spacial score (nSPS) is 22.2. The van der Waals surface area contributed by atoms with Crippen molar-refractivity contribution in [1.82, 2.24) is 0 Å². The molecule has 1 saturated heterocycles. The highest BCUT2D eigenvalue weighted by molar-refractivity contribution is 8.25. The van der Waals surface area contributed by atoms with Crippen molar-refractivity contribution in [3.63, 3.8) is 0 Å². The quantitative estimate of drug-likeness (QED) is 0.314. The second-order valence-electron chi connectivity index (χ2n) is 5.22. The maximum Gasteiger partial charge on any atom is 0.342 e. The second kappa shape index (κ2) is 7.53. The molecule has 8 heteroatoms. The van der Waals surface area contributed by atoms with E-state index in [0.29, 0.717) is 29.9 Å². The molecule has 120 valence electrons. The SMILES string of the molecule is CCCCC(C)(C)OC(=O)C(C(=O)[O-])=C1SC(O)C(O)S1. The molecule has 0 aromatic carbocycles. The highest BCUT2D eigenvalue weighted by Gasteiger charge is 2.35. The molecular weight excluding hydrogens is 316 g/mol. The first kappa shape index (κ1) is 18.3. The summed E-state index contributed by atoms with van der Waals surface area (Å²) in [5, 5.41) is 30.0. The second-order valence-corrected chi connectivity index (χ2v) is 7.73. The highest BCUT2D eigenvalue weighted by atomic mass is 32.2. The molecule has 0 saturated carbocycles. The number of thioether (sulfide) groups is 2. The summed E-state index contributed by atoms with van der Waals surface area (Å²) in [6, 6.07) is 0. The zero-order chi connectivity index (χ0) is 16.2. The van der Waals surface area contributed by atoms with Crippen LogP contribution in [0.25, 0.3) is 0 Å². The maximum atomic E-state index is 12.1. The molecule has 6 nitrogen and oxygen atoms in total. The molecule has 0 aliphatic carbocycles. The number of aliphatic hydroxyl groups is 2. The van der Waals surface area contributed by atoms with Crippen molar-refractivity contribution in [3.05, 3.63) is 9.81 Å². The predicted molar refractivity (Wildman–Crippen MR) is 78.9 cm³/mol. The van der Waals surface area contributed by atoms with Gasteiger partial charge in [-0.15, -0.1) is 0 Å². The standard InChI is InChI=1S/C13H20O6S2/c1-4-5-6-13(2,3)19-9(16)7(8(14)15)12-20-10(17)11(18)21-12/h10-11,17-18H,4-6H2,1-3H3,(H,14,15)/p-1. The van der Waals surface area contributed by atoms with Crippen molar-refractivity contribution in [2.45, 2.75) is 56.5 Å². The Hall–Kier alpha value is -0.700. The number of rotatable bonds is 6. The highest BCUT2D eigenvalue weighted by Crippen LogP contribution is 2.46. The molecule has 0 amide bonds. The van der Waals surface area contributed by atoms with Gasteiger partial charge < -0.3 is 24.9 Å². The topological polar surface area (TPSA) is 107 Å². The van der Waals surface area contributed by atoms with E-state index in [2.05, 4.69) is 0 Å². The third kappa shape index (κ3) is 5.21. The molecule has 2 N–H and O–H groups in total. The minimum absolute atomic E-state index is 0.00583. The maximum absolute atomic E-state index is 12.1. The zero-order valence-electron chi connectivity index (χ0n) is 12.1. The van der Waals surface area contributed by atoms with Gasteiger partial charge in [-0.3, -0.25) is 0 Å². The van der Waals surface area contributed by atoms with Gasteiger partial charge in [0.1, 0.15) is 22.0 Å². The van der Waals surface area contributed by atoms with E-state index in [9.17, 15) is 24.9 Å². The van der Waals surface area contributed by atoms with E-state index < -0.39 is 34.0 Å². The molecule has 1 fully saturated rings. The fourth-order valence-corrected chi connectivity index (χ4v) is 4.07. The summed E-state index contributed by atoms with van der Waals surface area (Å²) in [5.74, 6) is -2.69. The zero-order valence-corrected chi connectivity index (χ0v) is 13.8. The molecule has 2 unspecified atom stereocenters. The van der Waals surface area contributed by atoms with Gasteiger partial charge in [-0.1, -0.05) is 36.9 Å². The van der Waals surface area contributed by atoms with Gasteiger partial charge in [0.05, 0.1) is 10.2 Å². The number of aliphatic hydroxyl groups excluding tert-OH is 2. The molecule has 0 radical (unpaired) electrons. The molecule has 1 heterocycles. The third-order valence-corrected chi connectivity index (χ3v) is 5.40. The van der Waals surface area contributed by atoms with E-state index in [4.69, 9.17) is 4.74 Å². The van der Waals surface area contributed by atoms with E-state index in [1.807, 2.05) is 6.92 Å². The summed E-state index contributed by atoms with van der Waals surface area (Å²) in [4.78, 5) is 23.3. The summed E-state index contributed by atoms with van der Waals surface area (Å²) in [6.45, 7) is 5.41. The number of carboxylic acid groups (broad SMARTS) is 1. The van der Waals surface area contributed by atoms with Crippen molar-refractivity contribution >= 4 is 35.5 Å². The number of aliphatic carboxylic acids is 1. The molecule has 2 atom stereocenters. The summed E-state index contributed by atoms with van der Waals surface area (Å²) >= 11 is 1.42. The van der Waals surface area contributed by atoms with Crippen LogP contribution in [-0.2, 0) is 14.3 Å². The van der Waals surface area contributed by atoms with Gasteiger partial charge in [0.25, 0.3) is 0 Å². The molecule has 0 spiro atoms. The molecule has 21 heavy (non-hydrogen) atoms. The van der Waals surface area contributed by atoms with E-state index in [-0.39, 0.29) is 4.24 Å². The monoisotopic (exact) mass is 335 g/mol. The van der Waals surface area contributed by atoms with Crippen LogP contribution < -0.4 is 5.11 Å². The van der Waals surface area contributed by atoms with Gasteiger partial charge in [-0.05, 0) is 26.7 Å². The summed E-state index contributed by atoms with van der Waals surface area (Å²) < 4.78 is 5.24. The molecule has 0 aromatic heterocycles. The van der Waals surface area contributed by atoms with Crippen LogP contribution in [-0.4, -0.2) is 38.6 Å². The predicted octanol–water partition coefficient (Wildman–Crippen LogP) is 0.577. The number of esters is 1. The van der Waals surface area contributed by atoms with Gasteiger partial charge in [0, 0.05) is 0 Å². The van der Waals surface area contributed by atoms with Gasteiger partial charge >= 0.3 is 5.97 Å². The fraction of sp³-hybridized carbons (Fsp3) is 0.692. The van der Waals surface area contributed by atoms with Crippen LogP contribution in [0.2, 0.25) is 0 Å². The number of ether oxygens (including phenoxy) is 1. The van der Waals surface area contributed by atoms with Crippen LogP contribution in [0, 0.1) is 0 Å². The molecule has 1 aliphatic rings. The number of unbranched alkanes of at least 4 members (excludes halogenated alkanes) is 1. The van der Waals surface area contributed by atoms with Gasteiger partial charge in [-0.25, -0.2) is 4.79 Å². The third-order valence-electron chi connectivity index (χ3n) is 2.81. The lowest BCUT2D eigenvalue weighted by atomic mass is 10.0. The molecule has 0 bridgehead atoms. The largest absolute Gasteiger partial charge is 0.544 e. The van der Waals surface area contributed by atoms with Crippen molar-refractivity contribution < 1.29 is 29.6 Å². The van der Waals surface area contributed by atoms with Crippen LogP contribution >= 0.6 is 23.5 Å². The number of hydrogen-bond donors (Lipinski definition) is 2. The number of carbonyl (C=O) groups excluding carboxylic acids is 2. The Morgan fingerprint density at radius 2 is 1.81 bits per heavy atom. The molecule has 1 aliphatic heterocycles. The van der Waals surface area contributed by atoms with Crippen molar-refractivity contribution in [2.24, 2.45) is 0 Å². The van der Waals surface area contributed by atoms with Crippen molar-refractivity contribution in [2.75, 3.05) is 0 Å². The van der Waals surface area contributed by atoms with Crippen LogP contribution in [0.3, 0.4) is 0 Å². The van der Waals surface area contributed by atoms with E-state index in [0.717, 1.165) is 12.8 Å². The average Bonchev–Trinajstić information content (AvgIpc) is 2.65. The van der Waals surface area contributed by atoms with Crippen molar-refractivity contribution in [3.8, 4) is 0 Å². The first-order chi connectivity index (χ1) is 9.68. The Bertz CT molecular complexity index is 434.